The molecule has 0 heterocycles. The van der Waals surface area contributed by atoms with Crippen molar-refractivity contribution in [2.75, 3.05) is 26.2 Å². The van der Waals surface area contributed by atoms with E-state index in [1.807, 2.05) is 13.0 Å². The maximum absolute atomic E-state index is 13.6. The van der Waals surface area contributed by atoms with Crippen LogP contribution in [0.3, 0.4) is 0 Å². The van der Waals surface area contributed by atoms with Gasteiger partial charge in [-0.1, -0.05) is 37.5 Å². The lowest BCUT2D eigenvalue weighted by atomic mass is 9.89. The number of aliphatic imine (C=N–C) groups is 1. The Bertz CT molecular complexity index is 585. The number of carbonyl (C=O) groups is 1. The highest BCUT2D eigenvalue weighted by atomic mass is 19.1. The number of nitrogens with zero attached hydrogens (tertiary/aromatic N) is 1. The predicted octanol–water partition coefficient (Wildman–Crippen LogP) is 2.62. The summed E-state index contributed by atoms with van der Waals surface area (Å²) >= 11 is 0. The van der Waals surface area contributed by atoms with Crippen molar-refractivity contribution < 1.29 is 9.18 Å². The fraction of sp³-hybridized carbons (Fsp3) is 0.600. The van der Waals surface area contributed by atoms with Gasteiger partial charge in [-0.05, 0) is 37.8 Å². The van der Waals surface area contributed by atoms with Gasteiger partial charge in [0.25, 0.3) is 0 Å². The lowest BCUT2D eigenvalue weighted by Crippen LogP contribution is -2.42. The Balaban J connectivity index is 1.69. The molecule has 1 aromatic carbocycles. The molecule has 5 nitrogen and oxygen atoms in total. The Labute approximate surface area is 155 Å². The lowest BCUT2D eigenvalue weighted by Gasteiger charge is -2.21. The summed E-state index contributed by atoms with van der Waals surface area (Å²) in [4.78, 5) is 16.6. The van der Waals surface area contributed by atoms with Crippen molar-refractivity contribution in [1.82, 2.24) is 16.0 Å². The molecular formula is C20H31FN4O. The fourth-order valence-corrected chi connectivity index (χ4v) is 3.21. The number of benzene rings is 1. The first-order valence-corrected chi connectivity index (χ1v) is 9.74. The maximum atomic E-state index is 13.6. The van der Waals surface area contributed by atoms with Gasteiger partial charge in [0.15, 0.2) is 5.96 Å². The van der Waals surface area contributed by atoms with Crippen molar-refractivity contribution >= 4 is 11.9 Å². The minimum absolute atomic E-state index is 0.174. The summed E-state index contributed by atoms with van der Waals surface area (Å²) in [5.74, 6) is 0.862. The molecule has 1 aromatic rings. The summed E-state index contributed by atoms with van der Waals surface area (Å²) in [6.07, 6.45) is 6.16. The minimum Gasteiger partial charge on any atom is -0.357 e. The van der Waals surface area contributed by atoms with Crippen molar-refractivity contribution in [3.05, 3.63) is 35.6 Å². The minimum atomic E-state index is -0.189. The third-order valence-electron chi connectivity index (χ3n) is 4.65. The van der Waals surface area contributed by atoms with Gasteiger partial charge in [-0.15, -0.1) is 0 Å². The average molecular weight is 362 g/mol. The van der Waals surface area contributed by atoms with Crippen LogP contribution in [-0.4, -0.2) is 38.0 Å². The number of amides is 1. The van der Waals surface area contributed by atoms with Gasteiger partial charge in [-0.2, -0.15) is 0 Å². The third-order valence-corrected chi connectivity index (χ3v) is 4.65. The highest BCUT2D eigenvalue weighted by Gasteiger charge is 2.20. The van der Waals surface area contributed by atoms with E-state index in [2.05, 4.69) is 20.9 Å². The fourth-order valence-electron chi connectivity index (χ4n) is 3.21. The molecule has 6 heteroatoms. The smallest absolute Gasteiger partial charge is 0.223 e. The van der Waals surface area contributed by atoms with Crippen molar-refractivity contribution in [1.29, 1.82) is 0 Å². The van der Waals surface area contributed by atoms with Crippen LogP contribution in [0.4, 0.5) is 4.39 Å². The number of guanidine groups is 1. The van der Waals surface area contributed by atoms with Gasteiger partial charge < -0.3 is 16.0 Å². The zero-order valence-electron chi connectivity index (χ0n) is 15.7. The van der Waals surface area contributed by atoms with Crippen LogP contribution < -0.4 is 16.0 Å². The average Bonchev–Trinajstić information content (AvgIpc) is 2.67. The van der Waals surface area contributed by atoms with Crippen molar-refractivity contribution in [3.63, 3.8) is 0 Å². The molecule has 26 heavy (non-hydrogen) atoms. The second kappa shape index (κ2) is 11.5. The number of carbonyl (C=O) groups excluding carboxylic acids is 1. The second-order valence-electron chi connectivity index (χ2n) is 6.65. The summed E-state index contributed by atoms with van der Waals surface area (Å²) in [5.41, 5.74) is 0.673. The molecule has 0 unspecified atom stereocenters. The van der Waals surface area contributed by atoms with Crippen LogP contribution in [0.1, 0.15) is 44.6 Å². The van der Waals surface area contributed by atoms with Gasteiger partial charge in [0, 0.05) is 32.1 Å². The Morgan fingerprint density at radius 2 is 1.85 bits per heavy atom. The van der Waals surface area contributed by atoms with E-state index in [1.165, 1.54) is 12.5 Å². The first-order chi connectivity index (χ1) is 12.7. The van der Waals surface area contributed by atoms with E-state index in [0.717, 1.165) is 32.2 Å². The molecular weight excluding hydrogens is 331 g/mol. The van der Waals surface area contributed by atoms with Gasteiger partial charge in [-0.3, -0.25) is 9.79 Å². The number of rotatable bonds is 8. The van der Waals surface area contributed by atoms with Crippen molar-refractivity contribution in [2.24, 2.45) is 10.9 Å². The molecule has 0 aromatic heterocycles. The Morgan fingerprint density at radius 3 is 2.58 bits per heavy atom. The first-order valence-electron chi connectivity index (χ1n) is 9.74. The van der Waals surface area contributed by atoms with Gasteiger partial charge in [0.1, 0.15) is 5.82 Å². The van der Waals surface area contributed by atoms with Gasteiger partial charge >= 0.3 is 0 Å². The normalized spacial score (nSPS) is 15.5. The van der Waals surface area contributed by atoms with Crippen LogP contribution in [0.2, 0.25) is 0 Å². The second-order valence-corrected chi connectivity index (χ2v) is 6.65. The van der Waals surface area contributed by atoms with E-state index in [4.69, 9.17) is 0 Å². The van der Waals surface area contributed by atoms with E-state index >= 15 is 0 Å². The van der Waals surface area contributed by atoms with Crippen LogP contribution in [0.25, 0.3) is 0 Å². The summed E-state index contributed by atoms with van der Waals surface area (Å²) in [5, 5.41) is 9.38. The van der Waals surface area contributed by atoms with Crippen molar-refractivity contribution in [2.45, 2.75) is 45.4 Å². The highest BCUT2D eigenvalue weighted by Crippen LogP contribution is 2.23. The molecule has 0 saturated heterocycles. The standard InChI is InChI=1S/C20H31FN4O/c1-2-22-20(24-13-12-16-8-6-7-11-18(16)21)25-15-14-23-19(26)17-9-4-3-5-10-17/h6-8,11,17H,2-5,9-10,12-15H2,1H3,(H,23,26)(H2,22,24,25). The molecule has 3 N–H and O–H groups in total. The monoisotopic (exact) mass is 362 g/mol. The molecule has 1 aliphatic carbocycles. The van der Waals surface area contributed by atoms with Crippen LogP contribution in [0.5, 0.6) is 0 Å². The number of halogens is 1. The van der Waals surface area contributed by atoms with Crippen molar-refractivity contribution in [3.8, 4) is 0 Å². The van der Waals surface area contributed by atoms with E-state index in [-0.39, 0.29) is 17.6 Å². The van der Waals surface area contributed by atoms with Crippen LogP contribution in [-0.2, 0) is 11.2 Å². The Hall–Kier alpha value is -2.11. The molecule has 0 bridgehead atoms. The molecule has 1 fully saturated rings. The summed E-state index contributed by atoms with van der Waals surface area (Å²) < 4.78 is 13.6. The lowest BCUT2D eigenvalue weighted by molar-refractivity contribution is -0.125. The van der Waals surface area contributed by atoms with E-state index in [9.17, 15) is 9.18 Å². The van der Waals surface area contributed by atoms with E-state index < -0.39 is 0 Å². The van der Waals surface area contributed by atoms with Crippen LogP contribution in [0, 0.1) is 11.7 Å². The molecule has 0 atom stereocenters. The zero-order chi connectivity index (χ0) is 18.6. The molecule has 0 aliphatic heterocycles. The van der Waals surface area contributed by atoms with Gasteiger partial charge in [-0.25, -0.2) is 4.39 Å². The summed E-state index contributed by atoms with van der Waals surface area (Å²) in [6.45, 7) is 4.45. The van der Waals surface area contributed by atoms with E-state index in [1.54, 1.807) is 12.1 Å². The summed E-state index contributed by atoms with van der Waals surface area (Å²) in [7, 11) is 0. The molecule has 0 spiro atoms. The SMILES string of the molecule is CCNC(=NCCc1ccccc1F)NCCNC(=O)C1CCCCC1. The Morgan fingerprint density at radius 1 is 1.12 bits per heavy atom. The number of hydrogen-bond acceptors (Lipinski definition) is 2. The molecule has 0 radical (unpaired) electrons. The molecule has 144 valence electrons. The van der Waals surface area contributed by atoms with Crippen LogP contribution in [0.15, 0.2) is 29.3 Å². The van der Waals surface area contributed by atoms with Gasteiger partial charge in [0.2, 0.25) is 5.91 Å². The third kappa shape index (κ3) is 7.02. The van der Waals surface area contributed by atoms with Gasteiger partial charge in [0.05, 0.1) is 0 Å². The highest BCUT2D eigenvalue weighted by molar-refractivity contribution is 5.80. The largest absolute Gasteiger partial charge is 0.357 e. The number of nitrogens with one attached hydrogen (secondary N) is 3. The van der Waals surface area contributed by atoms with E-state index in [0.29, 0.717) is 37.6 Å². The molecule has 1 saturated carbocycles. The molecule has 1 aliphatic rings. The molecule has 2 rings (SSSR count). The van der Waals surface area contributed by atoms with Crippen LogP contribution >= 0.6 is 0 Å². The first kappa shape index (κ1) is 20.2. The molecule has 1 amide bonds. The summed E-state index contributed by atoms with van der Waals surface area (Å²) in [6, 6.07) is 6.78. The Kier molecular flexibility index (Phi) is 8.93. The number of hydrogen-bond donors (Lipinski definition) is 3. The predicted molar refractivity (Wildman–Crippen MR) is 104 cm³/mol. The topological polar surface area (TPSA) is 65.5 Å². The maximum Gasteiger partial charge on any atom is 0.223 e. The quantitative estimate of drug-likeness (QED) is 0.378. The zero-order valence-corrected chi connectivity index (χ0v) is 15.7.